The molecule has 1 aromatic carbocycles. The highest BCUT2D eigenvalue weighted by atomic mass is 32.2. The highest BCUT2D eigenvalue weighted by Crippen LogP contribution is 2.34. The van der Waals surface area contributed by atoms with Crippen molar-refractivity contribution in [2.45, 2.75) is 10.8 Å². The quantitative estimate of drug-likeness (QED) is 0.869. The van der Waals surface area contributed by atoms with E-state index < -0.39 is 5.69 Å². The maximum absolute atomic E-state index is 12.1. The first-order valence-corrected chi connectivity index (χ1v) is 7.95. The number of anilines is 1. The lowest BCUT2D eigenvalue weighted by Gasteiger charge is -2.12. The summed E-state index contributed by atoms with van der Waals surface area (Å²) < 4.78 is 6.76. The van der Waals surface area contributed by atoms with Crippen molar-refractivity contribution in [2.24, 2.45) is 0 Å². The molecule has 1 aliphatic heterocycles. The number of aliphatic hydroxyl groups excluding tert-OH is 1. The molecule has 7 nitrogen and oxygen atoms in total. The van der Waals surface area contributed by atoms with Gasteiger partial charge in [-0.15, -0.1) is 11.8 Å². The van der Waals surface area contributed by atoms with Crippen LogP contribution < -0.4 is 11.0 Å². The Hall–Kier alpha value is -2.16. The van der Waals surface area contributed by atoms with Gasteiger partial charge in [0.25, 0.3) is 5.91 Å². The number of hydrogen-bond donors (Lipinski definition) is 2. The Morgan fingerprint density at radius 1 is 1.39 bits per heavy atom. The normalized spacial score (nSPS) is 20.4. The molecule has 0 unspecified atom stereocenters. The van der Waals surface area contributed by atoms with Crippen LogP contribution in [0.2, 0.25) is 0 Å². The summed E-state index contributed by atoms with van der Waals surface area (Å²) in [6.07, 6.45) is 1.57. The van der Waals surface area contributed by atoms with E-state index in [9.17, 15) is 9.59 Å². The molecule has 1 aromatic heterocycles. The van der Waals surface area contributed by atoms with Crippen molar-refractivity contribution in [3.05, 3.63) is 58.6 Å². The lowest BCUT2D eigenvalue weighted by Crippen LogP contribution is -2.27. The van der Waals surface area contributed by atoms with Crippen molar-refractivity contribution in [3.8, 4) is 0 Å². The lowest BCUT2D eigenvalue weighted by atomic mass is 10.2. The molecule has 0 aliphatic carbocycles. The van der Waals surface area contributed by atoms with Gasteiger partial charge in [0.2, 0.25) is 0 Å². The van der Waals surface area contributed by atoms with Crippen LogP contribution in [-0.4, -0.2) is 39.2 Å². The average molecular weight is 333 g/mol. The average Bonchev–Trinajstić information content (AvgIpc) is 3.04. The van der Waals surface area contributed by atoms with Crippen molar-refractivity contribution in [3.63, 3.8) is 0 Å². The van der Waals surface area contributed by atoms with Gasteiger partial charge in [0.15, 0.2) is 0 Å². The summed E-state index contributed by atoms with van der Waals surface area (Å²) >= 11 is 1.36. The monoisotopic (exact) mass is 333 g/mol. The van der Waals surface area contributed by atoms with Crippen molar-refractivity contribution < 1.29 is 14.6 Å². The topological polar surface area (TPSA) is 93.5 Å². The number of ether oxygens (including phenoxy) is 1. The minimum atomic E-state index is -0.476. The fourth-order valence-corrected chi connectivity index (χ4v) is 3.21. The molecule has 23 heavy (non-hydrogen) atoms. The van der Waals surface area contributed by atoms with E-state index >= 15 is 0 Å². The first kappa shape index (κ1) is 15.7. The first-order chi connectivity index (χ1) is 11.2. The predicted octanol–water partition coefficient (Wildman–Crippen LogP) is 1.08. The lowest BCUT2D eigenvalue weighted by molar-refractivity contribution is 0.0803. The van der Waals surface area contributed by atoms with Gasteiger partial charge >= 0.3 is 5.69 Å². The number of thioether (sulfide) groups is 1. The largest absolute Gasteiger partial charge is 0.393 e. The number of aromatic nitrogens is 2. The highest BCUT2D eigenvalue weighted by molar-refractivity contribution is 8.00. The number of carbonyl (C=O) groups is 1. The smallest absolute Gasteiger partial charge is 0.350 e. The first-order valence-electron chi connectivity index (χ1n) is 7.01. The minimum absolute atomic E-state index is 0.103. The van der Waals surface area contributed by atoms with E-state index in [1.54, 1.807) is 36.5 Å². The Morgan fingerprint density at radius 3 is 2.83 bits per heavy atom. The number of rotatable bonds is 4. The predicted molar refractivity (Wildman–Crippen MR) is 86.3 cm³/mol. The maximum atomic E-state index is 12.1. The van der Waals surface area contributed by atoms with Gasteiger partial charge in [0.1, 0.15) is 16.6 Å². The van der Waals surface area contributed by atoms with Crippen LogP contribution in [0, 0.1) is 0 Å². The number of aliphatic hydroxyl groups is 1. The van der Waals surface area contributed by atoms with E-state index in [1.807, 2.05) is 6.07 Å². The van der Waals surface area contributed by atoms with Crippen LogP contribution in [0.3, 0.4) is 0 Å². The zero-order valence-electron chi connectivity index (χ0n) is 12.1. The van der Waals surface area contributed by atoms with E-state index in [2.05, 4.69) is 10.3 Å². The van der Waals surface area contributed by atoms with Crippen LogP contribution >= 0.6 is 11.8 Å². The molecule has 2 atom stereocenters. The molecule has 0 spiro atoms. The Morgan fingerprint density at radius 2 is 2.17 bits per heavy atom. The van der Waals surface area contributed by atoms with Crippen molar-refractivity contribution in [1.29, 1.82) is 0 Å². The van der Waals surface area contributed by atoms with Gasteiger partial charge in [0.05, 0.1) is 13.2 Å². The third kappa shape index (κ3) is 3.61. The van der Waals surface area contributed by atoms with Crippen LogP contribution in [0.25, 0.3) is 0 Å². The molecule has 2 heterocycles. The van der Waals surface area contributed by atoms with Crippen molar-refractivity contribution >= 4 is 23.5 Å². The SMILES string of the molecule is O=C(Nc1ccn([C@H]2CO[C@@H](CO)S2)c(=O)n1)c1ccccc1. The van der Waals surface area contributed by atoms with Gasteiger partial charge in [0, 0.05) is 11.8 Å². The molecule has 8 heteroatoms. The number of benzene rings is 1. The third-order valence-electron chi connectivity index (χ3n) is 3.30. The minimum Gasteiger partial charge on any atom is -0.393 e. The van der Waals surface area contributed by atoms with Gasteiger partial charge in [-0.05, 0) is 18.2 Å². The fourth-order valence-electron chi connectivity index (χ4n) is 2.16. The van der Waals surface area contributed by atoms with Gasteiger partial charge in [-0.25, -0.2) is 4.79 Å². The molecule has 0 radical (unpaired) electrons. The number of hydrogen-bond acceptors (Lipinski definition) is 6. The van der Waals surface area contributed by atoms with Crippen LogP contribution in [-0.2, 0) is 4.74 Å². The van der Waals surface area contributed by atoms with Crippen LogP contribution in [0.5, 0.6) is 0 Å². The molecule has 3 rings (SSSR count). The van der Waals surface area contributed by atoms with E-state index in [0.29, 0.717) is 12.2 Å². The van der Waals surface area contributed by atoms with Gasteiger partial charge < -0.3 is 15.2 Å². The molecular formula is C15H15N3O4S. The third-order valence-corrected chi connectivity index (χ3v) is 4.57. The Bertz CT molecular complexity index is 750. The fraction of sp³-hybridized carbons (Fsp3) is 0.267. The van der Waals surface area contributed by atoms with E-state index in [0.717, 1.165) is 0 Å². The zero-order chi connectivity index (χ0) is 16.2. The second kappa shape index (κ2) is 6.95. The van der Waals surface area contributed by atoms with E-state index in [-0.39, 0.29) is 29.1 Å². The maximum Gasteiger partial charge on any atom is 0.350 e. The van der Waals surface area contributed by atoms with Gasteiger partial charge in [-0.3, -0.25) is 9.36 Å². The summed E-state index contributed by atoms with van der Waals surface area (Å²) in [5.74, 6) is -0.128. The zero-order valence-corrected chi connectivity index (χ0v) is 12.9. The molecule has 1 aliphatic rings. The van der Waals surface area contributed by atoms with E-state index in [4.69, 9.17) is 9.84 Å². The molecule has 120 valence electrons. The van der Waals surface area contributed by atoms with Crippen LogP contribution in [0.4, 0.5) is 5.82 Å². The molecule has 1 amide bonds. The molecule has 1 saturated heterocycles. The second-order valence-electron chi connectivity index (χ2n) is 4.86. The number of nitrogens with one attached hydrogen (secondary N) is 1. The Labute approximate surface area is 136 Å². The van der Waals surface area contributed by atoms with E-state index in [1.165, 1.54) is 16.3 Å². The molecule has 0 bridgehead atoms. The summed E-state index contributed by atoms with van der Waals surface area (Å²) in [6.45, 7) is 0.224. The number of carbonyl (C=O) groups excluding carboxylic acids is 1. The number of amides is 1. The summed E-state index contributed by atoms with van der Waals surface area (Å²) in [7, 11) is 0. The highest BCUT2D eigenvalue weighted by Gasteiger charge is 2.27. The Balaban J connectivity index is 1.72. The van der Waals surface area contributed by atoms with Gasteiger partial charge in [-0.2, -0.15) is 4.98 Å². The molecule has 1 fully saturated rings. The van der Waals surface area contributed by atoms with Crippen molar-refractivity contribution in [2.75, 3.05) is 18.5 Å². The summed E-state index contributed by atoms with van der Waals surface area (Å²) in [5, 5.41) is 11.4. The van der Waals surface area contributed by atoms with Gasteiger partial charge in [-0.1, -0.05) is 18.2 Å². The summed E-state index contributed by atoms with van der Waals surface area (Å²) in [5.41, 5.74) is -0.316. The molecule has 2 aromatic rings. The summed E-state index contributed by atoms with van der Waals surface area (Å²) in [4.78, 5) is 28.0. The number of nitrogens with zero attached hydrogens (tertiary/aromatic N) is 2. The second-order valence-corrected chi connectivity index (χ2v) is 6.20. The van der Waals surface area contributed by atoms with Crippen molar-refractivity contribution in [1.82, 2.24) is 9.55 Å². The Kier molecular flexibility index (Phi) is 4.75. The van der Waals surface area contributed by atoms with Crippen LogP contribution in [0.15, 0.2) is 47.4 Å². The van der Waals surface area contributed by atoms with Crippen LogP contribution in [0.1, 0.15) is 15.7 Å². The standard InChI is InChI=1S/C15H15N3O4S/c19-8-13-22-9-12(23-13)18-7-6-11(17-15(18)21)16-14(20)10-4-2-1-3-5-10/h1-7,12-13,19H,8-9H2,(H,16,17,20,21)/t12-,13-/m1/s1. The molecular weight excluding hydrogens is 318 g/mol. The molecule has 2 N–H and O–H groups in total. The summed E-state index contributed by atoms with van der Waals surface area (Å²) in [6, 6.07) is 10.3. The molecule has 0 saturated carbocycles.